The fourth-order valence-corrected chi connectivity index (χ4v) is 1.64. The molecule has 0 spiro atoms. The molecule has 0 radical (unpaired) electrons. The third-order valence-electron chi connectivity index (χ3n) is 1.83. The second-order valence-electron chi connectivity index (χ2n) is 2.70. The number of halogens is 1. The van der Waals surface area contributed by atoms with Crippen LogP contribution in [0.5, 0.6) is 0 Å². The van der Waals surface area contributed by atoms with Crippen LogP contribution in [-0.4, -0.2) is 18.9 Å². The monoisotopic (exact) mass is 224 g/mol. The van der Waals surface area contributed by atoms with Crippen molar-refractivity contribution in [3.63, 3.8) is 0 Å². The van der Waals surface area contributed by atoms with Crippen LogP contribution in [0, 0.1) is 0 Å². The molecule has 3 heteroatoms. The number of benzene rings is 1. The molecule has 1 N–H and O–H groups in total. The zero-order valence-electron chi connectivity index (χ0n) is 6.55. The zero-order chi connectivity index (χ0) is 8.39. The van der Waals surface area contributed by atoms with Crippen molar-refractivity contribution in [2.24, 2.45) is 4.99 Å². The molecule has 1 aromatic rings. The molecule has 62 valence electrons. The minimum atomic E-state index is 0.752. The van der Waals surface area contributed by atoms with E-state index < -0.39 is 0 Å². The van der Waals surface area contributed by atoms with Crippen LogP contribution in [0.25, 0.3) is 0 Å². The van der Waals surface area contributed by atoms with Gasteiger partial charge in [0.15, 0.2) is 0 Å². The van der Waals surface area contributed by atoms with Crippen LogP contribution in [0.2, 0.25) is 0 Å². The average molecular weight is 225 g/mol. The number of hydrogen-bond acceptors (Lipinski definition) is 2. The summed E-state index contributed by atoms with van der Waals surface area (Å²) in [6.45, 7) is 1.64. The lowest BCUT2D eigenvalue weighted by molar-refractivity contribution is 0.850. The summed E-state index contributed by atoms with van der Waals surface area (Å²) in [6, 6.07) is 8.22. The molecular weight excluding hydrogens is 216 g/mol. The predicted octanol–water partition coefficient (Wildman–Crippen LogP) is 1.80. The Morgan fingerprint density at radius 3 is 3.00 bits per heavy atom. The summed E-state index contributed by atoms with van der Waals surface area (Å²) >= 11 is 3.43. The van der Waals surface area contributed by atoms with Crippen molar-refractivity contribution >= 4 is 21.6 Å². The van der Waals surface area contributed by atoms with Gasteiger partial charge in [0.25, 0.3) is 0 Å². The van der Waals surface area contributed by atoms with Crippen LogP contribution in [-0.2, 0) is 0 Å². The molecule has 2 rings (SSSR count). The van der Waals surface area contributed by atoms with E-state index in [4.69, 9.17) is 0 Å². The lowest BCUT2D eigenvalue weighted by Crippen LogP contribution is -2.13. The van der Waals surface area contributed by atoms with Crippen LogP contribution in [0.4, 0.5) is 0 Å². The summed E-state index contributed by atoms with van der Waals surface area (Å²) in [6.07, 6.45) is 0. The number of nitrogens with zero attached hydrogens (tertiary/aromatic N) is 1. The molecule has 0 atom stereocenters. The highest BCUT2D eigenvalue weighted by Gasteiger charge is 2.07. The van der Waals surface area contributed by atoms with Crippen LogP contribution < -0.4 is 5.32 Å². The van der Waals surface area contributed by atoms with Gasteiger partial charge >= 0.3 is 0 Å². The van der Waals surface area contributed by atoms with Crippen molar-refractivity contribution in [1.29, 1.82) is 0 Å². The molecule has 1 aromatic carbocycles. The standard InChI is InChI=1S/C9H9BrN2/c10-8-3-1-2-7(4-8)9-5-11-6-12-9/h1-4,11H,5-6H2. The maximum absolute atomic E-state index is 4.33. The van der Waals surface area contributed by atoms with Gasteiger partial charge in [-0.1, -0.05) is 28.1 Å². The third kappa shape index (κ3) is 1.57. The zero-order valence-corrected chi connectivity index (χ0v) is 8.13. The largest absolute Gasteiger partial charge is 0.293 e. The van der Waals surface area contributed by atoms with E-state index in [0.29, 0.717) is 0 Å². The van der Waals surface area contributed by atoms with Gasteiger partial charge in [-0.15, -0.1) is 0 Å². The fraction of sp³-hybridized carbons (Fsp3) is 0.222. The lowest BCUT2D eigenvalue weighted by atomic mass is 10.1. The van der Waals surface area contributed by atoms with Crippen molar-refractivity contribution in [2.45, 2.75) is 0 Å². The quantitative estimate of drug-likeness (QED) is 0.774. The average Bonchev–Trinajstić information content (AvgIpc) is 2.56. The molecule has 12 heavy (non-hydrogen) atoms. The van der Waals surface area contributed by atoms with E-state index in [1.807, 2.05) is 12.1 Å². The molecule has 1 aliphatic heterocycles. The fourth-order valence-electron chi connectivity index (χ4n) is 1.24. The maximum Gasteiger partial charge on any atom is 0.0891 e. The molecule has 1 aliphatic rings. The second kappa shape index (κ2) is 3.37. The highest BCUT2D eigenvalue weighted by atomic mass is 79.9. The van der Waals surface area contributed by atoms with Gasteiger partial charge in [-0.05, 0) is 17.7 Å². The van der Waals surface area contributed by atoms with E-state index >= 15 is 0 Å². The van der Waals surface area contributed by atoms with Crippen molar-refractivity contribution < 1.29 is 0 Å². The molecule has 0 saturated carbocycles. The van der Waals surface area contributed by atoms with Gasteiger partial charge < -0.3 is 0 Å². The molecule has 0 bridgehead atoms. The van der Waals surface area contributed by atoms with Crippen molar-refractivity contribution in [2.75, 3.05) is 13.2 Å². The van der Waals surface area contributed by atoms with Crippen molar-refractivity contribution in [3.8, 4) is 0 Å². The van der Waals surface area contributed by atoms with E-state index in [1.165, 1.54) is 5.56 Å². The van der Waals surface area contributed by atoms with E-state index in [1.54, 1.807) is 0 Å². The van der Waals surface area contributed by atoms with Gasteiger partial charge in [0.1, 0.15) is 0 Å². The smallest absolute Gasteiger partial charge is 0.0891 e. The topological polar surface area (TPSA) is 24.4 Å². The first-order valence-corrected chi connectivity index (χ1v) is 4.65. The molecular formula is C9H9BrN2. The SMILES string of the molecule is Brc1cccc(C2=NCNC2)c1. The normalized spacial score (nSPS) is 16.2. The Balaban J connectivity index is 2.33. The summed E-state index contributed by atoms with van der Waals surface area (Å²) in [5, 5.41) is 3.17. The Bertz CT molecular complexity index is 320. The Morgan fingerprint density at radius 2 is 2.33 bits per heavy atom. The molecule has 0 aliphatic carbocycles. The lowest BCUT2D eigenvalue weighted by Gasteiger charge is -1.99. The van der Waals surface area contributed by atoms with Gasteiger partial charge in [0.05, 0.1) is 12.4 Å². The number of rotatable bonds is 1. The summed E-state index contributed by atoms with van der Waals surface area (Å²) < 4.78 is 1.11. The van der Waals surface area contributed by atoms with Gasteiger partial charge in [-0.2, -0.15) is 0 Å². The summed E-state index contributed by atoms with van der Waals surface area (Å²) in [5.41, 5.74) is 2.35. The van der Waals surface area contributed by atoms with Crippen molar-refractivity contribution in [3.05, 3.63) is 34.3 Å². The Morgan fingerprint density at radius 1 is 1.42 bits per heavy atom. The maximum atomic E-state index is 4.33. The second-order valence-corrected chi connectivity index (χ2v) is 3.62. The first-order chi connectivity index (χ1) is 5.86. The highest BCUT2D eigenvalue weighted by Crippen LogP contribution is 2.13. The van der Waals surface area contributed by atoms with Crippen LogP contribution in [0.3, 0.4) is 0 Å². The Kier molecular flexibility index (Phi) is 2.23. The number of aliphatic imine (C=N–C) groups is 1. The number of nitrogens with one attached hydrogen (secondary N) is 1. The van der Waals surface area contributed by atoms with E-state index in [9.17, 15) is 0 Å². The minimum absolute atomic E-state index is 0.752. The Labute approximate surface area is 79.8 Å². The molecule has 0 unspecified atom stereocenters. The van der Waals surface area contributed by atoms with Gasteiger partial charge in [-0.25, -0.2) is 0 Å². The highest BCUT2D eigenvalue weighted by molar-refractivity contribution is 9.10. The molecule has 1 heterocycles. The molecule has 0 saturated heterocycles. The molecule has 2 nitrogen and oxygen atoms in total. The summed E-state index contributed by atoms with van der Waals surface area (Å²) in [7, 11) is 0. The summed E-state index contributed by atoms with van der Waals surface area (Å²) in [5.74, 6) is 0. The van der Waals surface area contributed by atoms with Gasteiger partial charge in [0, 0.05) is 11.0 Å². The van der Waals surface area contributed by atoms with Gasteiger partial charge in [-0.3, -0.25) is 10.3 Å². The summed E-state index contributed by atoms with van der Waals surface area (Å²) in [4.78, 5) is 4.33. The molecule has 0 aromatic heterocycles. The minimum Gasteiger partial charge on any atom is -0.293 e. The van der Waals surface area contributed by atoms with Crippen LogP contribution in [0.1, 0.15) is 5.56 Å². The van der Waals surface area contributed by atoms with E-state index in [2.05, 4.69) is 38.4 Å². The van der Waals surface area contributed by atoms with Crippen LogP contribution in [0.15, 0.2) is 33.7 Å². The first kappa shape index (κ1) is 7.95. The van der Waals surface area contributed by atoms with Gasteiger partial charge in [0.2, 0.25) is 0 Å². The van der Waals surface area contributed by atoms with Crippen molar-refractivity contribution in [1.82, 2.24) is 5.32 Å². The van der Waals surface area contributed by atoms with E-state index in [-0.39, 0.29) is 0 Å². The Hall–Kier alpha value is -0.670. The predicted molar refractivity (Wildman–Crippen MR) is 53.5 cm³/mol. The molecule has 0 fully saturated rings. The van der Waals surface area contributed by atoms with E-state index in [0.717, 1.165) is 23.4 Å². The first-order valence-electron chi connectivity index (χ1n) is 3.86. The molecule has 0 amide bonds. The third-order valence-corrected chi connectivity index (χ3v) is 2.33. The van der Waals surface area contributed by atoms with Crippen LogP contribution >= 0.6 is 15.9 Å². The number of hydrogen-bond donors (Lipinski definition) is 1.